The van der Waals surface area contributed by atoms with E-state index in [0.717, 1.165) is 17.6 Å². The number of nitrogens with zero attached hydrogens (tertiary/aromatic N) is 2. The van der Waals surface area contributed by atoms with Crippen LogP contribution in [-0.2, 0) is 6.42 Å². The first-order chi connectivity index (χ1) is 13.1. The van der Waals surface area contributed by atoms with E-state index in [1.807, 2.05) is 17.9 Å². The second-order valence-corrected chi connectivity index (χ2v) is 7.29. The van der Waals surface area contributed by atoms with Crippen LogP contribution in [0.1, 0.15) is 48.4 Å². The molecule has 1 atom stereocenters. The Morgan fingerprint density at radius 2 is 2.11 bits per heavy atom. The molecule has 1 aliphatic rings. The predicted octanol–water partition coefficient (Wildman–Crippen LogP) is 4.36. The molecule has 27 heavy (non-hydrogen) atoms. The molecule has 0 fully saturated rings. The summed E-state index contributed by atoms with van der Waals surface area (Å²) in [6.45, 7) is 7.40. The van der Waals surface area contributed by atoms with Crippen molar-refractivity contribution in [1.29, 1.82) is 0 Å². The molecule has 140 valence electrons. The molecule has 4 rings (SSSR count). The molecule has 3 aromatic rings. The number of amides is 1. The monoisotopic (exact) mass is 363 g/mol. The minimum absolute atomic E-state index is 0.00309. The van der Waals surface area contributed by atoms with Crippen LogP contribution in [0.4, 0.5) is 0 Å². The van der Waals surface area contributed by atoms with Crippen molar-refractivity contribution < 1.29 is 9.53 Å². The van der Waals surface area contributed by atoms with Crippen molar-refractivity contribution in [2.45, 2.75) is 33.2 Å². The first kappa shape index (κ1) is 17.6. The summed E-state index contributed by atoms with van der Waals surface area (Å²) >= 11 is 0. The number of carbonyl (C=O) groups is 1. The number of para-hydroxylation sites is 1. The zero-order valence-electron chi connectivity index (χ0n) is 16.0. The average molecular weight is 363 g/mol. The molecule has 0 saturated carbocycles. The number of carbonyl (C=O) groups excluding carboxylic acids is 1. The number of benzene rings is 1. The standard InChI is InChI=1S/C22H25N3O2/c1-4-27-21-17(9-7-12-23-21)22(26)25-13-11-16-15-8-5-6-10-18(15)24-19(16)20(25)14(2)3/h5-10,12,14,20,24H,4,11,13H2,1-3H3. The molecule has 5 heteroatoms. The molecule has 0 saturated heterocycles. The van der Waals surface area contributed by atoms with Crippen molar-refractivity contribution in [1.82, 2.24) is 14.9 Å². The molecule has 0 spiro atoms. The maximum Gasteiger partial charge on any atom is 0.259 e. The van der Waals surface area contributed by atoms with E-state index in [4.69, 9.17) is 4.74 Å². The maximum atomic E-state index is 13.4. The molecule has 1 aromatic carbocycles. The van der Waals surface area contributed by atoms with Gasteiger partial charge in [0.25, 0.3) is 5.91 Å². The lowest BCUT2D eigenvalue weighted by molar-refractivity contribution is 0.0593. The fraction of sp³-hybridized carbons (Fsp3) is 0.364. The van der Waals surface area contributed by atoms with Crippen LogP contribution in [0.15, 0.2) is 42.6 Å². The van der Waals surface area contributed by atoms with Crippen molar-refractivity contribution in [2.24, 2.45) is 5.92 Å². The minimum Gasteiger partial charge on any atom is -0.477 e. The normalized spacial score (nSPS) is 16.6. The third kappa shape index (κ3) is 2.97. The van der Waals surface area contributed by atoms with Crippen molar-refractivity contribution in [2.75, 3.05) is 13.2 Å². The number of aromatic amines is 1. The van der Waals surface area contributed by atoms with Crippen LogP contribution < -0.4 is 4.74 Å². The summed E-state index contributed by atoms with van der Waals surface area (Å²) in [4.78, 5) is 23.2. The molecule has 1 aliphatic heterocycles. The van der Waals surface area contributed by atoms with Gasteiger partial charge in [-0.25, -0.2) is 4.98 Å². The molecule has 1 unspecified atom stereocenters. The Hall–Kier alpha value is -2.82. The van der Waals surface area contributed by atoms with Gasteiger partial charge in [-0.3, -0.25) is 4.79 Å². The lowest BCUT2D eigenvalue weighted by Crippen LogP contribution is -2.42. The van der Waals surface area contributed by atoms with E-state index in [2.05, 4.69) is 42.0 Å². The van der Waals surface area contributed by atoms with Gasteiger partial charge in [0.1, 0.15) is 5.56 Å². The molecular formula is C22H25N3O2. The van der Waals surface area contributed by atoms with E-state index < -0.39 is 0 Å². The smallest absolute Gasteiger partial charge is 0.259 e. The minimum atomic E-state index is -0.0189. The third-order valence-electron chi connectivity index (χ3n) is 5.26. The van der Waals surface area contributed by atoms with Gasteiger partial charge in [0, 0.05) is 29.3 Å². The summed E-state index contributed by atoms with van der Waals surface area (Å²) in [7, 11) is 0. The summed E-state index contributed by atoms with van der Waals surface area (Å²) < 4.78 is 5.60. The molecule has 3 heterocycles. The highest BCUT2D eigenvalue weighted by atomic mass is 16.5. The Labute approximate surface area is 159 Å². The van der Waals surface area contributed by atoms with Crippen LogP contribution >= 0.6 is 0 Å². The quantitative estimate of drug-likeness (QED) is 0.749. The van der Waals surface area contributed by atoms with Crippen molar-refractivity contribution in [3.8, 4) is 5.88 Å². The van der Waals surface area contributed by atoms with E-state index in [1.54, 1.807) is 18.3 Å². The van der Waals surface area contributed by atoms with Crippen molar-refractivity contribution in [3.05, 3.63) is 59.4 Å². The number of ether oxygens (including phenoxy) is 1. The molecule has 0 radical (unpaired) electrons. The fourth-order valence-electron chi connectivity index (χ4n) is 4.15. The number of nitrogens with one attached hydrogen (secondary N) is 1. The van der Waals surface area contributed by atoms with Crippen molar-refractivity contribution in [3.63, 3.8) is 0 Å². The zero-order valence-corrected chi connectivity index (χ0v) is 16.0. The average Bonchev–Trinajstić information content (AvgIpc) is 3.05. The highest BCUT2D eigenvalue weighted by Crippen LogP contribution is 2.39. The molecule has 5 nitrogen and oxygen atoms in total. The first-order valence-electron chi connectivity index (χ1n) is 9.60. The lowest BCUT2D eigenvalue weighted by Gasteiger charge is -2.38. The number of hydrogen-bond donors (Lipinski definition) is 1. The summed E-state index contributed by atoms with van der Waals surface area (Å²) in [5, 5.41) is 1.27. The molecular weight excluding hydrogens is 338 g/mol. The number of hydrogen-bond acceptors (Lipinski definition) is 3. The van der Waals surface area contributed by atoms with E-state index in [-0.39, 0.29) is 17.9 Å². The number of H-pyrrole nitrogens is 1. The SMILES string of the molecule is CCOc1ncccc1C(=O)N1CCc2c([nH]c3ccccc23)C1C(C)C. The highest BCUT2D eigenvalue weighted by molar-refractivity contribution is 5.97. The number of rotatable bonds is 4. The Morgan fingerprint density at radius 1 is 1.30 bits per heavy atom. The van der Waals surface area contributed by atoms with Gasteiger partial charge in [0.2, 0.25) is 5.88 Å². The Bertz CT molecular complexity index is 977. The van der Waals surface area contributed by atoms with Crippen LogP contribution in [0.5, 0.6) is 5.88 Å². The molecule has 1 amide bonds. The van der Waals surface area contributed by atoms with Gasteiger partial charge in [-0.2, -0.15) is 0 Å². The lowest BCUT2D eigenvalue weighted by atomic mass is 9.90. The van der Waals surface area contributed by atoms with E-state index in [1.165, 1.54) is 10.9 Å². The van der Waals surface area contributed by atoms with Crippen molar-refractivity contribution >= 4 is 16.8 Å². The van der Waals surface area contributed by atoms with Gasteiger partial charge in [0.15, 0.2) is 0 Å². The van der Waals surface area contributed by atoms with Gasteiger partial charge in [-0.05, 0) is 43.0 Å². The predicted molar refractivity (Wildman–Crippen MR) is 106 cm³/mol. The Balaban J connectivity index is 1.77. The highest BCUT2D eigenvalue weighted by Gasteiger charge is 2.36. The summed E-state index contributed by atoms with van der Waals surface area (Å²) in [5.41, 5.74) is 4.17. The fourth-order valence-corrected chi connectivity index (χ4v) is 4.15. The van der Waals surface area contributed by atoms with Crippen LogP contribution in [0.2, 0.25) is 0 Å². The number of aromatic nitrogens is 2. The second-order valence-electron chi connectivity index (χ2n) is 7.29. The first-order valence-corrected chi connectivity index (χ1v) is 9.60. The van der Waals surface area contributed by atoms with Gasteiger partial charge in [0.05, 0.1) is 12.6 Å². The van der Waals surface area contributed by atoms with E-state index >= 15 is 0 Å². The Morgan fingerprint density at radius 3 is 2.89 bits per heavy atom. The van der Waals surface area contributed by atoms with Gasteiger partial charge < -0.3 is 14.6 Å². The van der Waals surface area contributed by atoms with E-state index in [9.17, 15) is 4.79 Å². The molecule has 0 aliphatic carbocycles. The van der Waals surface area contributed by atoms with Crippen LogP contribution in [-0.4, -0.2) is 33.9 Å². The summed E-state index contributed by atoms with van der Waals surface area (Å²) in [6, 6.07) is 12.0. The van der Waals surface area contributed by atoms with E-state index in [0.29, 0.717) is 24.6 Å². The largest absolute Gasteiger partial charge is 0.477 e. The van der Waals surface area contributed by atoms with Crippen LogP contribution in [0.3, 0.4) is 0 Å². The number of pyridine rings is 1. The van der Waals surface area contributed by atoms with Crippen LogP contribution in [0.25, 0.3) is 10.9 Å². The van der Waals surface area contributed by atoms with Gasteiger partial charge in [-0.1, -0.05) is 32.0 Å². The second kappa shape index (κ2) is 7.06. The summed E-state index contributed by atoms with van der Waals surface area (Å²) in [6.07, 6.45) is 2.51. The van der Waals surface area contributed by atoms with Gasteiger partial charge in [-0.15, -0.1) is 0 Å². The summed E-state index contributed by atoms with van der Waals surface area (Å²) in [5.74, 6) is 0.679. The molecule has 2 aromatic heterocycles. The Kier molecular flexibility index (Phi) is 4.60. The molecule has 0 bridgehead atoms. The van der Waals surface area contributed by atoms with Gasteiger partial charge >= 0.3 is 0 Å². The zero-order chi connectivity index (χ0) is 19.0. The molecule has 1 N–H and O–H groups in total. The maximum absolute atomic E-state index is 13.4. The third-order valence-corrected chi connectivity index (χ3v) is 5.26. The van der Waals surface area contributed by atoms with Crippen LogP contribution in [0, 0.1) is 5.92 Å². The number of fused-ring (bicyclic) bond motifs is 3. The topological polar surface area (TPSA) is 58.2 Å².